The minimum absolute atomic E-state index is 0.102. The molecule has 0 aliphatic rings. The van der Waals surface area contributed by atoms with Gasteiger partial charge in [-0.3, -0.25) is 4.79 Å². The number of carbonyl (C=O) groups excluding carboxylic acids is 1. The zero-order chi connectivity index (χ0) is 12.4. The monoisotopic (exact) mass is 230 g/mol. The second-order valence-electron chi connectivity index (χ2n) is 4.46. The molecule has 0 aliphatic carbocycles. The van der Waals surface area contributed by atoms with E-state index in [2.05, 4.69) is 4.98 Å². The van der Waals surface area contributed by atoms with Gasteiger partial charge in [-0.25, -0.2) is 0 Å². The molecule has 0 aliphatic heterocycles. The molecular weight excluding hydrogens is 212 g/mol. The summed E-state index contributed by atoms with van der Waals surface area (Å²) in [5.74, 6) is 0.102. The Hall–Kier alpha value is -1.77. The Kier molecular flexibility index (Phi) is 3.18. The molecule has 17 heavy (non-hydrogen) atoms. The molecule has 0 bridgehead atoms. The van der Waals surface area contributed by atoms with Gasteiger partial charge in [-0.1, -0.05) is 0 Å². The Bertz CT molecular complexity index is 528. The van der Waals surface area contributed by atoms with Crippen molar-refractivity contribution in [3.8, 4) is 0 Å². The largest absolute Gasteiger partial charge is 0.361 e. The second kappa shape index (κ2) is 4.62. The summed E-state index contributed by atoms with van der Waals surface area (Å²) in [4.78, 5) is 17.3. The number of rotatable bonds is 3. The highest BCUT2D eigenvalue weighted by molar-refractivity contribution is 5.98. The number of hydrogen-bond donors (Lipinski definition) is 1. The van der Waals surface area contributed by atoms with E-state index < -0.39 is 0 Å². The van der Waals surface area contributed by atoms with Crippen LogP contribution in [0.4, 0.5) is 0 Å². The predicted octanol–water partition coefficient (Wildman–Crippen LogP) is 3.04. The summed E-state index contributed by atoms with van der Waals surface area (Å²) < 4.78 is 0. The lowest BCUT2D eigenvalue weighted by Crippen LogP contribution is -2.36. The first kappa shape index (κ1) is 11.7. The predicted molar refractivity (Wildman–Crippen MR) is 70.1 cm³/mol. The van der Waals surface area contributed by atoms with Crippen LogP contribution in [0.2, 0.25) is 0 Å². The Morgan fingerprint density at radius 3 is 2.76 bits per heavy atom. The number of aromatic nitrogens is 1. The maximum atomic E-state index is 12.3. The minimum atomic E-state index is 0.102. The minimum Gasteiger partial charge on any atom is -0.361 e. The molecule has 1 aromatic heterocycles. The zero-order valence-electron chi connectivity index (χ0n) is 10.5. The van der Waals surface area contributed by atoms with Crippen LogP contribution in [0, 0.1) is 0 Å². The summed E-state index contributed by atoms with van der Waals surface area (Å²) in [6, 6.07) is 7.99. The number of H-pyrrole nitrogens is 1. The van der Waals surface area contributed by atoms with E-state index in [0.29, 0.717) is 0 Å². The molecular formula is C14H18N2O. The number of nitrogens with one attached hydrogen (secondary N) is 1. The molecule has 90 valence electrons. The Morgan fingerprint density at radius 2 is 2.12 bits per heavy atom. The lowest BCUT2D eigenvalue weighted by molar-refractivity contribution is 0.0717. The zero-order valence-corrected chi connectivity index (χ0v) is 10.5. The third-order valence-electron chi connectivity index (χ3n) is 3.03. The average molecular weight is 230 g/mol. The highest BCUT2D eigenvalue weighted by Crippen LogP contribution is 2.16. The van der Waals surface area contributed by atoms with Crippen LogP contribution in [0.25, 0.3) is 10.9 Å². The highest BCUT2D eigenvalue weighted by Gasteiger charge is 2.16. The standard InChI is InChI=1S/C14H18N2O/c1-4-16(10(2)3)14(17)12-5-6-13-11(9-12)7-8-15-13/h5-10,15H,4H2,1-3H3. The number of hydrogen-bond acceptors (Lipinski definition) is 1. The number of carbonyl (C=O) groups is 1. The van der Waals surface area contributed by atoms with E-state index in [1.807, 2.05) is 56.1 Å². The van der Waals surface area contributed by atoms with Crippen molar-refractivity contribution >= 4 is 16.8 Å². The number of benzene rings is 1. The molecule has 2 aromatic rings. The summed E-state index contributed by atoms with van der Waals surface area (Å²) >= 11 is 0. The van der Waals surface area contributed by atoms with Crippen molar-refractivity contribution in [3.63, 3.8) is 0 Å². The summed E-state index contributed by atoms with van der Waals surface area (Å²) in [6.45, 7) is 6.82. The first-order valence-electron chi connectivity index (χ1n) is 6.01. The number of amides is 1. The van der Waals surface area contributed by atoms with Crippen molar-refractivity contribution in [1.82, 2.24) is 9.88 Å². The van der Waals surface area contributed by atoms with Gasteiger partial charge < -0.3 is 9.88 Å². The quantitative estimate of drug-likeness (QED) is 0.864. The van der Waals surface area contributed by atoms with Crippen molar-refractivity contribution in [2.45, 2.75) is 26.8 Å². The molecule has 1 aromatic carbocycles. The van der Waals surface area contributed by atoms with Crippen LogP contribution in [-0.4, -0.2) is 28.4 Å². The van der Waals surface area contributed by atoms with E-state index >= 15 is 0 Å². The van der Waals surface area contributed by atoms with Crippen LogP contribution >= 0.6 is 0 Å². The molecule has 0 spiro atoms. The van der Waals surface area contributed by atoms with E-state index in [0.717, 1.165) is 23.0 Å². The number of fused-ring (bicyclic) bond motifs is 1. The van der Waals surface area contributed by atoms with Crippen molar-refractivity contribution in [2.24, 2.45) is 0 Å². The molecule has 0 atom stereocenters. The highest BCUT2D eigenvalue weighted by atomic mass is 16.2. The number of nitrogens with zero attached hydrogens (tertiary/aromatic N) is 1. The Morgan fingerprint density at radius 1 is 1.35 bits per heavy atom. The van der Waals surface area contributed by atoms with Crippen LogP contribution in [0.3, 0.4) is 0 Å². The molecule has 1 heterocycles. The van der Waals surface area contributed by atoms with Gasteiger partial charge in [0.15, 0.2) is 0 Å². The number of aromatic amines is 1. The third-order valence-corrected chi connectivity index (χ3v) is 3.03. The molecule has 3 heteroatoms. The van der Waals surface area contributed by atoms with Gasteiger partial charge in [-0.05, 0) is 45.0 Å². The summed E-state index contributed by atoms with van der Waals surface area (Å²) in [5.41, 5.74) is 1.82. The van der Waals surface area contributed by atoms with Crippen molar-refractivity contribution in [1.29, 1.82) is 0 Å². The Balaban J connectivity index is 2.35. The average Bonchev–Trinajstić information content (AvgIpc) is 2.75. The smallest absolute Gasteiger partial charge is 0.254 e. The summed E-state index contributed by atoms with van der Waals surface area (Å²) in [7, 11) is 0. The van der Waals surface area contributed by atoms with E-state index in [9.17, 15) is 4.79 Å². The molecule has 3 nitrogen and oxygen atoms in total. The lowest BCUT2D eigenvalue weighted by Gasteiger charge is -2.25. The molecule has 1 amide bonds. The fourth-order valence-electron chi connectivity index (χ4n) is 2.10. The topological polar surface area (TPSA) is 36.1 Å². The normalized spacial score (nSPS) is 11.1. The van der Waals surface area contributed by atoms with Gasteiger partial charge in [0.1, 0.15) is 0 Å². The first-order valence-corrected chi connectivity index (χ1v) is 6.01. The van der Waals surface area contributed by atoms with Gasteiger partial charge in [-0.15, -0.1) is 0 Å². The Labute approximate surface area is 101 Å². The maximum Gasteiger partial charge on any atom is 0.254 e. The van der Waals surface area contributed by atoms with Crippen LogP contribution < -0.4 is 0 Å². The summed E-state index contributed by atoms with van der Waals surface area (Å²) in [5, 5.41) is 1.08. The molecule has 0 radical (unpaired) electrons. The SMILES string of the molecule is CCN(C(=O)c1ccc2[nH]ccc2c1)C(C)C. The van der Waals surface area contributed by atoms with Crippen molar-refractivity contribution in [2.75, 3.05) is 6.54 Å². The molecule has 0 saturated heterocycles. The van der Waals surface area contributed by atoms with Crippen LogP contribution in [0.5, 0.6) is 0 Å². The molecule has 0 saturated carbocycles. The van der Waals surface area contributed by atoms with Crippen LogP contribution in [0.1, 0.15) is 31.1 Å². The fraction of sp³-hybridized carbons (Fsp3) is 0.357. The van der Waals surface area contributed by atoms with Crippen LogP contribution in [0.15, 0.2) is 30.5 Å². The van der Waals surface area contributed by atoms with Gasteiger partial charge in [0.05, 0.1) is 0 Å². The maximum absolute atomic E-state index is 12.3. The van der Waals surface area contributed by atoms with Crippen LogP contribution in [-0.2, 0) is 0 Å². The van der Waals surface area contributed by atoms with E-state index in [4.69, 9.17) is 0 Å². The van der Waals surface area contributed by atoms with Crippen molar-refractivity contribution in [3.05, 3.63) is 36.0 Å². The first-order chi connectivity index (χ1) is 8.13. The van der Waals surface area contributed by atoms with E-state index in [1.54, 1.807) is 0 Å². The van der Waals surface area contributed by atoms with Gasteiger partial charge in [0.25, 0.3) is 5.91 Å². The van der Waals surface area contributed by atoms with Crippen molar-refractivity contribution < 1.29 is 4.79 Å². The summed E-state index contributed by atoms with van der Waals surface area (Å²) in [6.07, 6.45) is 1.89. The fourth-order valence-corrected chi connectivity index (χ4v) is 2.10. The third kappa shape index (κ3) is 2.18. The molecule has 0 unspecified atom stereocenters. The van der Waals surface area contributed by atoms with E-state index in [-0.39, 0.29) is 11.9 Å². The molecule has 2 rings (SSSR count). The lowest BCUT2D eigenvalue weighted by atomic mass is 10.1. The molecule has 0 fully saturated rings. The van der Waals surface area contributed by atoms with E-state index in [1.165, 1.54) is 0 Å². The van der Waals surface area contributed by atoms with Gasteiger partial charge in [-0.2, -0.15) is 0 Å². The van der Waals surface area contributed by atoms with Gasteiger partial charge in [0.2, 0.25) is 0 Å². The van der Waals surface area contributed by atoms with Gasteiger partial charge >= 0.3 is 0 Å². The van der Waals surface area contributed by atoms with Gasteiger partial charge in [0, 0.05) is 35.2 Å². The second-order valence-corrected chi connectivity index (χ2v) is 4.46. The molecule has 1 N–H and O–H groups in total.